The Balaban J connectivity index is 0.000000396. The first-order valence-electron chi connectivity index (χ1n) is 5.40. The van der Waals surface area contributed by atoms with Gasteiger partial charge in [-0.05, 0) is 31.6 Å². The molecular weight excluding hydrogens is 160 g/mol. The van der Waals surface area contributed by atoms with Gasteiger partial charge in [0, 0.05) is 19.4 Å². The highest BCUT2D eigenvalue weighted by molar-refractivity contribution is 5.08. The summed E-state index contributed by atoms with van der Waals surface area (Å²) in [5.41, 5.74) is 0. The summed E-state index contributed by atoms with van der Waals surface area (Å²) >= 11 is 0. The second-order valence-electron chi connectivity index (χ2n) is 3.86. The van der Waals surface area contributed by atoms with E-state index >= 15 is 0 Å². The second kappa shape index (κ2) is 6.05. The van der Waals surface area contributed by atoms with Crippen molar-refractivity contribution in [3.63, 3.8) is 0 Å². The zero-order valence-corrected chi connectivity index (χ0v) is 8.55. The molecular formula is C12H20O. The molecule has 0 radical (unpaired) electrons. The number of aliphatic hydroxyl groups is 1. The maximum absolute atomic E-state index is 7.00. The van der Waals surface area contributed by atoms with Gasteiger partial charge in [0.05, 0.1) is 0 Å². The lowest BCUT2D eigenvalue weighted by Gasteiger charge is -2.10. The van der Waals surface area contributed by atoms with Crippen LogP contribution in [0.1, 0.15) is 44.9 Å². The summed E-state index contributed by atoms with van der Waals surface area (Å²) in [6.45, 7) is 0. The van der Waals surface area contributed by atoms with E-state index < -0.39 is 0 Å². The highest BCUT2D eigenvalue weighted by atomic mass is 16.2. The molecule has 1 unspecified atom stereocenters. The maximum atomic E-state index is 7.00. The summed E-state index contributed by atoms with van der Waals surface area (Å²) in [6.07, 6.45) is 9.64. The summed E-state index contributed by atoms with van der Waals surface area (Å²) in [6, 6.07) is 0. The molecule has 0 aliphatic heterocycles. The van der Waals surface area contributed by atoms with Crippen molar-refractivity contribution in [3.05, 3.63) is 0 Å². The zero-order chi connectivity index (χ0) is 9.52. The molecule has 0 saturated heterocycles. The Labute approximate surface area is 81.5 Å². The van der Waals surface area contributed by atoms with Crippen LogP contribution in [0.4, 0.5) is 0 Å². The fourth-order valence-corrected chi connectivity index (χ4v) is 1.88. The minimum atomic E-state index is 0.787. The van der Waals surface area contributed by atoms with E-state index in [0.29, 0.717) is 0 Å². The van der Waals surface area contributed by atoms with Crippen molar-refractivity contribution in [2.45, 2.75) is 44.9 Å². The Kier molecular flexibility index (Phi) is 4.93. The summed E-state index contributed by atoms with van der Waals surface area (Å²) in [5.74, 6) is 8.53. The molecule has 1 saturated carbocycles. The molecule has 0 aromatic rings. The van der Waals surface area contributed by atoms with E-state index in [2.05, 4.69) is 11.8 Å². The number of rotatable bonds is 1. The van der Waals surface area contributed by atoms with Crippen LogP contribution in [-0.2, 0) is 0 Å². The third-order valence-electron chi connectivity index (χ3n) is 2.80. The molecule has 2 aliphatic rings. The van der Waals surface area contributed by atoms with Gasteiger partial charge in [-0.15, -0.1) is 5.92 Å². The third-order valence-corrected chi connectivity index (χ3v) is 2.80. The molecule has 1 nitrogen and oxygen atoms in total. The van der Waals surface area contributed by atoms with Gasteiger partial charge in [0.25, 0.3) is 0 Å². The molecule has 2 aliphatic carbocycles. The van der Waals surface area contributed by atoms with Gasteiger partial charge >= 0.3 is 0 Å². The van der Waals surface area contributed by atoms with Crippen LogP contribution in [-0.4, -0.2) is 12.2 Å². The average molecular weight is 180 g/mol. The van der Waals surface area contributed by atoms with Crippen LogP contribution >= 0.6 is 0 Å². The molecule has 0 aromatic carbocycles. The number of aliphatic hydroxyl groups excluding tert-OH is 1. The highest BCUT2D eigenvalue weighted by Gasteiger charge is 2.29. The summed E-state index contributed by atoms with van der Waals surface area (Å²) in [7, 11) is 1.00. The van der Waals surface area contributed by atoms with E-state index in [1.54, 1.807) is 0 Å². The zero-order valence-electron chi connectivity index (χ0n) is 8.55. The number of hydrogen-bond donors (Lipinski definition) is 1. The van der Waals surface area contributed by atoms with E-state index in [0.717, 1.165) is 25.4 Å². The molecule has 0 heterocycles. The Hall–Kier alpha value is -0.480. The van der Waals surface area contributed by atoms with Gasteiger partial charge in [-0.3, -0.25) is 0 Å². The monoisotopic (exact) mass is 180 g/mol. The molecule has 0 bridgehead atoms. The molecule has 0 aromatic heterocycles. The van der Waals surface area contributed by atoms with Gasteiger partial charge in [0.15, 0.2) is 0 Å². The van der Waals surface area contributed by atoms with E-state index in [9.17, 15) is 0 Å². The standard InChI is InChI=1S/C11H16.CH4O/c1-2-4-6-10(7-5-3-1)11-8-9-11;1-2/h10-11H,1-4,6,8-9H2;2H,1H3. The lowest BCUT2D eigenvalue weighted by atomic mass is 9.94. The van der Waals surface area contributed by atoms with Crippen molar-refractivity contribution in [2.24, 2.45) is 11.8 Å². The summed E-state index contributed by atoms with van der Waals surface area (Å²) in [5, 5.41) is 7.00. The molecule has 2 rings (SSSR count). The number of hydrogen-bond acceptors (Lipinski definition) is 1. The average Bonchev–Trinajstić information content (AvgIpc) is 2.91. The molecule has 13 heavy (non-hydrogen) atoms. The van der Waals surface area contributed by atoms with Gasteiger partial charge in [-0.1, -0.05) is 18.8 Å². The Morgan fingerprint density at radius 1 is 1.00 bits per heavy atom. The van der Waals surface area contributed by atoms with Crippen molar-refractivity contribution < 1.29 is 5.11 Å². The maximum Gasteiger partial charge on any atom is 0.0319 e. The predicted octanol–water partition coefficient (Wildman–Crippen LogP) is 2.59. The molecule has 1 heteroatoms. The topological polar surface area (TPSA) is 20.2 Å². The predicted molar refractivity (Wildman–Crippen MR) is 55.2 cm³/mol. The van der Waals surface area contributed by atoms with E-state index in [1.165, 1.54) is 38.5 Å². The Bertz CT molecular complexity index is 183. The summed E-state index contributed by atoms with van der Waals surface area (Å²) in [4.78, 5) is 0. The van der Waals surface area contributed by atoms with Crippen LogP contribution in [0, 0.1) is 23.7 Å². The fourth-order valence-electron chi connectivity index (χ4n) is 1.88. The van der Waals surface area contributed by atoms with Crippen molar-refractivity contribution in [1.29, 1.82) is 0 Å². The second-order valence-corrected chi connectivity index (χ2v) is 3.86. The van der Waals surface area contributed by atoms with Crippen LogP contribution in [0.2, 0.25) is 0 Å². The van der Waals surface area contributed by atoms with Gasteiger partial charge in [-0.25, -0.2) is 0 Å². The molecule has 1 atom stereocenters. The van der Waals surface area contributed by atoms with E-state index in [-0.39, 0.29) is 0 Å². The Morgan fingerprint density at radius 2 is 1.77 bits per heavy atom. The van der Waals surface area contributed by atoms with Crippen molar-refractivity contribution in [1.82, 2.24) is 0 Å². The molecule has 1 N–H and O–H groups in total. The Morgan fingerprint density at radius 3 is 2.46 bits per heavy atom. The van der Waals surface area contributed by atoms with Crippen LogP contribution in [0.25, 0.3) is 0 Å². The highest BCUT2D eigenvalue weighted by Crippen LogP contribution is 2.39. The molecule has 74 valence electrons. The lowest BCUT2D eigenvalue weighted by Crippen LogP contribution is -2.01. The first-order valence-corrected chi connectivity index (χ1v) is 5.40. The van der Waals surface area contributed by atoms with Gasteiger partial charge in [-0.2, -0.15) is 0 Å². The molecule has 0 spiro atoms. The first kappa shape index (κ1) is 10.6. The van der Waals surface area contributed by atoms with Crippen molar-refractivity contribution in [3.8, 4) is 11.8 Å². The van der Waals surface area contributed by atoms with Crippen molar-refractivity contribution in [2.75, 3.05) is 7.11 Å². The van der Waals surface area contributed by atoms with Crippen LogP contribution in [0.3, 0.4) is 0 Å². The van der Waals surface area contributed by atoms with Crippen LogP contribution in [0.5, 0.6) is 0 Å². The summed E-state index contributed by atoms with van der Waals surface area (Å²) < 4.78 is 0. The largest absolute Gasteiger partial charge is 0.400 e. The van der Waals surface area contributed by atoms with E-state index in [1.807, 2.05) is 0 Å². The third kappa shape index (κ3) is 3.83. The van der Waals surface area contributed by atoms with Crippen LogP contribution < -0.4 is 0 Å². The van der Waals surface area contributed by atoms with Crippen LogP contribution in [0.15, 0.2) is 0 Å². The van der Waals surface area contributed by atoms with E-state index in [4.69, 9.17) is 5.11 Å². The lowest BCUT2D eigenvalue weighted by molar-refractivity contribution is 0.399. The van der Waals surface area contributed by atoms with Gasteiger partial charge in [0.1, 0.15) is 0 Å². The quantitative estimate of drug-likeness (QED) is 0.615. The van der Waals surface area contributed by atoms with Gasteiger partial charge in [0.2, 0.25) is 0 Å². The normalized spacial score (nSPS) is 27.1. The molecule has 1 fully saturated rings. The smallest absolute Gasteiger partial charge is 0.0319 e. The first-order chi connectivity index (χ1) is 6.47. The minimum absolute atomic E-state index is 0.787. The fraction of sp³-hybridized carbons (Fsp3) is 0.833. The SMILES string of the molecule is C1#CC(C2CC2)CCCCC1.CO. The van der Waals surface area contributed by atoms with Gasteiger partial charge < -0.3 is 5.11 Å². The molecule has 0 amide bonds. The van der Waals surface area contributed by atoms with Crippen molar-refractivity contribution >= 4 is 0 Å². The minimum Gasteiger partial charge on any atom is -0.400 e.